The average Bonchev–Trinajstić information content (AvgIpc) is 2.94. The van der Waals surface area contributed by atoms with Gasteiger partial charge in [-0.3, -0.25) is 4.68 Å². The summed E-state index contributed by atoms with van der Waals surface area (Å²) >= 11 is 0. The molecule has 0 unspecified atom stereocenters. The Balaban J connectivity index is 1.87. The lowest BCUT2D eigenvalue weighted by Gasteiger charge is -2.04. The van der Waals surface area contributed by atoms with E-state index in [1.807, 2.05) is 19.3 Å². The fourth-order valence-electron chi connectivity index (χ4n) is 1.71. The second-order valence-corrected chi connectivity index (χ2v) is 3.87. The Morgan fingerprint density at radius 3 is 3.11 bits per heavy atom. The van der Waals surface area contributed by atoms with Gasteiger partial charge in [0.25, 0.3) is 0 Å². The lowest BCUT2D eigenvalue weighted by molar-refractivity contribution is 0.747. The van der Waals surface area contributed by atoms with Crippen molar-refractivity contribution in [1.29, 1.82) is 0 Å². The molecule has 4 N–H and O–H groups in total. The van der Waals surface area contributed by atoms with Gasteiger partial charge >= 0.3 is 0 Å². The molecule has 8 heteroatoms. The maximum Gasteiger partial charge on any atom is 0.224 e. The van der Waals surface area contributed by atoms with E-state index in [0.29, 0.717) is 18.0 Å². The van der Waals surface area contributed by atoms with Gasteiger partial charge in [0.1, 0.15) is 5.52 Å². The molecule has 0 spiro atoms. The first-order chi connectivity index (χ1) is 8.72. The zero-order valence-corrected chi connectivity index (χ0v) is 9.75. The molecule has 0 bridgehead atoms. The predicted molar refractivity (Wildman–Crippen MR) is 66.6 cm³/mol. The van der Waals surface area contributed by atoms with Crippen molar-refractivity contribution < 1.29 is 0 Å². The van der Waals surface area contributed by atoms with E-state index in [2.05, 4.69) is 30.4 Å². The summed E-state index contributed by atoms with van der Waals surface area (Å²) in [5.74, 6) is 0.818. The molecule has 0 fully saturated rings. The molecule has 0 saturated carbocycles. The van der Waals surface area contributed by atoms with Crippen molar-refractivity contribution in [2.75, 3.05) is 11.1 Å². The quantitative estimate of drug-likeness (QED) is 0.610. The average molecular weight is 244 g/mol. The van der Waals surface area contributed by atoms with Crippen LogP contribution in [0.15, 0.2) is 18.6 Å². The fourth-order valence-corrected chi connectivity index (χ4v) is 1.71. The van der Waals surface area contributed by atoms with Crippen molar-refractivity contribution in [3.05, 3.63) is 24.3 Å². The van der Waals surface area contributed by atoms with Crippen LogP contribution in [0.25, 0.3) is 11.2 Å². The predicted octanol–water partition coefficient (Wildman–Crippen LogP) is 0.281. The number of H-pyrrole nitrogens is 1. The number of fused-ring (bicyclic) bond motifs is 1. The Bertz CT molecular complexity index is 682. The molecule has 0 aliphatic heterocycles. The minimum Gasteiger partial charge on any atom is -0.368 e. The highest BCUT2D eigenvalue weighted by atomic mass is 15.3. The van der Waals surface area contributed by atoms with Gasteiger partial charge in [0.2, 0.25) is 5.95 Å². The highest BCUT2D eigenvalue weighted by molar-refractivity contribution is 5.83. The highest BCUT2D eigenvalue weighted by Gasteiger charge is 2.08. The summed E-state index contributed by atoms with van der Waals surface area (Å²) in [5, 5.41) is 7.44. The van der Waals surface area contributed by atoms with E-state index < -0.39 is 0 Å². The first-order valence-electron chi connectivity index (χ1n) is 5.41. The molecule has 0 saturated heterocycles. The van der Waals surface area contributed by atoms with E-state index in [-0.39, 0.29) is 5.95 Å². The standard InChI is InChI=1S/C10H12N8/c1-18-3-2-6(17-18)4-12-8-7-9(14-5-13-7)16-10(11)15-8/h2-3,5H,4H2,1H3,(H4,11,12,13,14,15,16). The maximum atomic E-state index is 5.62. The monoisotopic (exact) mass is 244 g/mol. The number of nitrogens with one attached hydrogen (secondary N) is 2. The summed E-state index contributed by atoms with van der Waals surface area (Å²) in [6, 6.07) is 1.93. The van der Waals surface area contributed by atoms with Crippen LogP contribution in [0.3, 0.4) is 0 Å². The van der Waals surface area contributed by atoms with Gasteiger partial charge in [-0.25, -0.2) is 4.98 Å². The van der Waals surface area contributed by atoms with Crippen LogP contribution in [0.1, 0.15) is 5.69 Å². The Hall–Kier alpha value is -2.64. The summed E-state index contributed by atoms with van der Waals surface area (Å²) in [6.07, 6.45) is 3.45. The van der Waals surface area contributed by atoms with Gasteiger partial charge in [-0.05, 0) is 6.07 Å². The number of hydrogen-bond donors (Lipinski definition) is 3. The zero-order chi connectivity index (χ0) is 12.5. The number of aryl methyl sites for hydroxylation is 1. The second kappa shape index (κ2) is 3.99. The molecule has 3 rings (SSSR count). The molecule has 3 heterocycles. The number of nitrogen functional groups attached to an aromatic ring is 1. The topological polar surface area (TPSA) is 110 Å². The number of aromatic nitrogens is 6. The number of aromatic amines is 1. The van der Waals surface area contributed by atoms with Crippen LogP contribution in [-0.4, -0.2) is 29.7 Å². The van der Waals surface area contributed by atoms with Crippen LogP contribution < -0.4 is 11.1 Å². The van der Waals surface area contributed by atoms with Gasteiger partial charge in [-0.15, -0.1) is 0 Å². The molecule has 18 heavy (non-hydrogen) atoms. The summed E-state index contributed by atoms with van der Waals surface area (Å²) in [4.78, 5) is 15.2. The molecule has 8 nitrogen and oxygen atoms in total. The van der Waals surface area contributed by atoms with Gasteiger partial charge in [0, 0.05) is 13.2 Å². The van der Waals surface area contributed by atoms with Crippen molar-refractivity contribution in [2.24, 2.45) is 7.05 Å². The number of anilines is 2. The Kier molecular flexibility index (Phi) is 2.33. The first kappa shape index (κ1) is 10.5. The Labute approximate surface area is 102 Å². The summed E-state index contributed by atoms with van der Waals surface area (Å²) < 4.78 is 1.75. The molecule has 0 atom stereocenters. The molecule has 92 valence electrons. The third kappa shape index (κ3) is 1.83. The lowest BCUT2D eigenvalue weighted by Crippen LogP contribution is -2.06. The van der Waals surface area contributed by atoms with E-state index in [4.69, 9.17) is 5.73 Å². The van der Waals surface area contributed by atoms with Gasteiger partial charge in [-0.1, -0.05) is 0 Å². The molecule has 3 aromatic heterocycles. The largest absolute Gasteiger partial charge is 0.368 e. The minimum atomic E-state index is 0.193. The van der Waals surface area contributed by atoms with Crippen molar-refractivity contribution >= 4 is 22.9 Å². The smallest absolute Gasteiger partial charge is 0.224 e. The van der Waals surface area contributed by atoms with Gasteiger partial charge in [0.05, 0.1) is 18.6 Å². The maximum absolute atomic E-state index is 5.62. The van der Waals surface area contributed by atoms with Gasteiger partial charge in [0.15, 0.2) is 11.5 Å². The SMILES string of the molecule is Cn1ccc(CNc2nc(N)nc3nc[nH]c23)n1. The van der Waals surface area contributed by atoms with Gasteiger partial charge in [-0.2, -0.15) is 15.1 Å². The molecule has 0 aliphatic rings. The van der Waals surface area contributed by atoms with Crippen LogP contribution in [0.4, 0.5) is 11.8 Å². The summed E-state index contributed by atoms with van der Waals surface area (Å²) in [7, 11) is 1.87. The minimum absolute atomic E-state index is 0.193. The molecule has 0 radical (unpaired) electrons. The number of hydrogen-bond acceptors (Lipinski definition) is 6. The normalized spacial score (nSPS) is 10.9. The Morgan fingerprint density at radius 1 is 1.44 bits per heavy atom. The van der Waals surface area contributed by atoms with Gasteiger partial charge < -0.3 is 16.0 Å². The van der Waals surface area contributed by atoms with E-state index >= 15 is 0 Å². The molecule has 3 aromatic rings. The molecule has 0 amide bonds. The van der Waals surface area contributed by atoms with Crippen LogP contribution in [0.2, 0.25) is 0 Å². The number of nitrogens with zero attached hydrogens (tertiary/aromatic N) is 5. The number of nitrogens with two attached hydrogens (primary N) is 1. The molecule has 0 aromatic carbocycles. The van der Waals surface area contributed by atoms with Crippen molar-refractivity contribution in [2.45, 2.75) is 6.54 Å². The second-order valence-electron chi connectivity index (χ2n) is 3.87. The third-order valence-electron chi connectivity index (χ3n) is 2.51. The number of rotatable bonds is 3. The van der Waals surface area contributed by atoms with Crippen LogP contribution >= 0.6 is 0 Å². The van der Waals surface area contributed by atoms with E-state index in [1.165, 1.54) is 0 Å². The van der Waals surface area contributed by atoms with Crippen LogP contribution in [0, 0.1) is 0 Å². The van der Waals surface area contributed by atoms with Crippen molar-refractivity contribution in [1.82, 2.24) is 29.7 Å². The van der Waals surface area contributed by atoms with E-state index in [0.717, 1.165) is 11.2 Å². The van der Waals surface area contributed by atoms with Crippen molar-refractivity contribution in [3.8, 4) is 0 Å². The van der Waals surface area contributed by atoms with E-state index in [9.17, 15) is 0 Å². The Morgan fingerprint density at radius 2 is 2.33 bits per heavy atom. The number of imidazole rings is 1. The zero-order valence-electron chi connectivity index (χ0n) is 9.75. The molecular formula is C10H12N8. The molecular weight excluding hydrogens is 232 g/mol. The first-order valence-corrected chi connectivity index (χ1v) is 5.41. The third-order valence-corrected chi connectivity index (χ3v) is 2.51. The van der Waals surface area contributed by atoms with Crippen LogP contribution in [-0.2, 0) is 13.6 Å². The lowest BCUT2D eigenvalue weighted by atomic mass is 10.4. The molecule has 0 aliphatic carbocycles. The van der Waals surface area contributed by atoms with E-state index in [1.54, 1.807) is 11.0 Å². The van der Waals surface area contributed by atoms with Crippen LogP contribution in [0.5, 0.6) is 0 Å². The summed E-state index contributed by atoms with van der Waals surface area (Å²) in [6.45, 7) is 0.561. The highest BCUT2D eigenvalue weighted by Crippen LogP contribution is 2.17. The van der Waals surface area contributed by atoms with Crippen molar-refractivity contribution in [3.63, 3.8) is 0 Å². The summed E-state index contributed by atoms with van der Waals surface area (Å²) in [5.41, 5.74) is 7.82. The fraction of sp³-hybridized carbons (Fsp3) is 0.200.